The number of nitrogens with one attached hydrogen (secondary N) is 3. The standard InChI is InChI=1S/C10H19N3O4/c1-7(3-4-9(15)16)5-12-10(17)13-6-8(14)11-2/h7H,3-6H2,1-2H3,(H,11,14)(H,15,16)(H2,12,13,17). The van der Waals surface area contributed by atoms with Crippen molar-refractivity contribution in [2.45, 2.75) is 19.8 Å². The summed E-state index contributed by atoms with van der Waals surface area (Å²) < 4.78 is 0. The van der Waals surface area contributed by atoms with Crippen molar-refractivity contribution in [2.24, 2.45) is 5.92 Å². The van der Waals surface area contributed by atoms with E-state index in [1.807, 2.05) is 6.92 Å². The summed E-state index contributed by atoms with van der Waals surface area (Å²) in [5, 5.41) is 15.8. The summed E-state index contributed by atoms with van der Waals surface area (Å²) in [6.07, 6.45) is 0.591. The van der Waals surface area contributed by atoms with Crippen LogP contribution in [0, 0.1) is 5.92 Å². The number of rotatable bonds is 7. The van der Waals surface area contributed by atoms with Gasteiger partial charge in [0.15, 0.2) is 0 Å². The van der Waals surface area contributed by atoms with Crippen LogP contribution in [0.4, 0.5) is 4.79 Å². The van der Waals surface area contributed by atoms with Crippen molar-refractivity contribution >= 4 is 17.9 Å². The fourth-order valence-corrected chi connectivity index (χ4v) is 1.05. The number of aliphatic carboxylic acids is 1. The van der Waals surface area contributed by atoms with Crippen LogP contribution in [-0.4, -0.2) is 43.2 Å². The van der Waals surface area contributed by atoms with Gasteiger partial charge in [-0.2, -0.15) is 0 Å². The predicted molar refractivity (Wildman–Crippen MR) is 61.5 cm³/mol. The molecule has 0 aliphatic rings. The summed E-state index contributed by atoms with van der Waals surface area (Å²) in [6, 6.07) is -0.434. The van der Waals surface area contributed by atoms with E-state index in [9.17, 15) is 14.4 Å². The minimum absolute atomic E-state index is 0.0775. The molecule has 0 saturated carbocycles. The van der Waals surface area contributed by atoms with E-state index >= 15 is 0 Å². The van der Waals surface area contributed by atoms with Gasteiger partial charge in [0.25, 0.3) is 0 Å². The van der Waals surface area contributed by atoms with Crippen molar-refractivity contribution in [1.82, 2.24) is 16.0 Å². The monoisotopic (exact) mass is 245 g/mol. The highest BCUT2D eigenvalue weighted by Gasteiger charge is 2.08. The van der Waals surface area contributed by atoms with Gasteiger partial charge in [0.2, 0.25) is 5.91 Å². The molecule has 7 heteroatoms. The lowest BCUT2D eigenvalue weighted by Gasteiger charge is -2.11. The molecule has 0 rings (SSSR count). The van der Waals surface area contributed by atoms with E-state index in [0.29, 0.717) is 13.0 Å². The summed E-state index contributed by atoms with van der Waals surface area (Å²) in [4.78, 5) is 32.3. The summed E-state index contributed by atoms with van der Waals surface area (Å²) in [7, 11) is 1.48. The number of amides is 3. The van der Waals surface area contributed by atoms with Crippen molar-refractivity contribution in [1.29, 1.82) is 0 Å². The largest absolute Gasteiger partial charge is 0.481 e. The first-order chi connectivity index (χ1) is 7.95. The Labute approximate surface area is 100.0 Å². The zero-order valence-corrected chi connectivity index (χ0v) is 10.1. The highest BCUT2D eigenvalue weighted by molar-refractivity contribution is 5.83. The van der Waals surface area contributed by atoms with E-state index in [4.69, 9.17) is 5.11 Å². The first-order valence-electron chi connectivity index (χ1n) is 5.39. The Hall–Kier alpha value is -1.79. The van der Waals surface area contributed by atoms with Gasteiger partial charge in [0.05, 0.1) is 6.54 Å². The second-order valence-electron chi connectivity index (χ2n) is 3.77. The second kappa shape index (κ2) is 8.37. The van der Waals surface area contributed by atoms with Gasteiger partial charge in [-0.3, -0.25) is 9.59 Å². The van der Waals surface area contributed by atoms with Crippen LogP contribution in [0.2, 0.25) is 0 Å². The molecule has 1 unspecified atom stereocenters. The van der Waals surface area contributed by atoms with Crippen LogP contribution in [0.1, 0.15) is 19.8 Å². The molecule has 0 aliphatic heterocycles. The zero-order valence-electron chi connectivity index (χ0n) is 10.1. The van der Waals surface area contributed by atoms with Crippen LogP contribution in [0.3, 0.4) is 0 Å². The van der Waals surface area contributed by atoms with E-state index in [-0.39, 0.29) is 24.8 Å². The van der Waals surface area contributed by atoms with Crippen LogP contribution in [0.25, 0.3) is 0 Å². The molecule has 0 bridgehead atoms. The maximum atomic E-state index is 11.2. The van der Waals surface area contributed by atoms with Crippen molar-refractivity contribution in [3.63, 3.8) is 0 Å². The van der Waals surface area contributed by atoms with Crippen molar-refractivity contribution in [3.05, 3.63) is 0 Å². The number of hydrogen-bond acceptors (Lipinski definition) is 3. The maximum absolute atomic E-state index is 11.2. The minimum atomic E-state index is -0.846. The number of carbonyl (C=O) groups excluding carboxylic acids is 2. The molecule has 98 valence electrons. The maximum Gasteiger partial charge on any atom is 0.315 e. The summed E-state index contributed by atoms with van der Waals surface area (Å²) >= 11 is 0. The molecule has 17 heavy (non-hydrogen) atoms. The van der Waals surface area contributed by atoms with Crippen LogP contribution in [-0.2, 0) is 9.59 Å². The smallest absolute Gasteiger partial charge is 0.315 e. The molecule has 0 aliphatic carbocycles. The summed E-state index contributed by atoms with van der Waals surface area (Å²) in [5.74, 6) is -1.04. The lowest BCUT2D eigenvalue weighted by molar-refractivity contribution is -0.137. The van der Waals surface area contributed by atoms with Gasteiger partial charge in [-0.1, -0.05) is 6.92 Å². The fourth-order valence-electron chi connectivity index (χ4n) is 1.05. The molecule has 0 spiro atoms. The van der Waals surface area contributed by atoms with Gasteiger partial charge in [0, 0.05) is 20.0 Å². The van der Waals surface area contributed by atoms with E-state index in [1.54, 1.807) is 0 Å². The van der Waals surface area contributed by atoms with Crippen molar-refractivity contribution < 1.29 is 19.5 Å². The number of carboxylic acids is 1. The van der Waals surface area contributed by atoms with Gasteiger partial charge in [-0.05, 0) is 12.3 Å². The second-order valence-corrected chi connectivity index (χ2v) is 3.77. The van der Waals surface area contributed by atoms with Crippen molar-refractivity contribution in [3.8, 4) is 0 Å². The number of hydrogen-bond donors (Lipinski definition) is 4. The number of likely N-dealkylation sites (N-methyl/N-ethyl adjacent to an activating group) is 1. The third-order valence-corrected chi connectivity index (χ3v) is 2.15. The minimum Gasteiger partial charge on any atom is -0.481 e. The zero-order chi connectivity index (χ0) is 13.3. The molecule has 0 saturated heterocycles. The first kappa shape index (κ1) is 15.2. The van der Waals surface area contributed by atoms with E-state index in [2.05, 4.69) is 16.0 Å². The van der Waals surface area contributed by atoms with Crippen LogP contribution >= 0.6 is 0 Å². The van der Waals surface area contributed by atoms with Gasteiger partial charge in [0.1, 0.15) is 0 Å². The number of carbonyl (C=O) groups is 3. The van der Waals surface area contributed by atoms with Gasteiger partial charge in [-0.15, -0.1) is 0 Å². The third kappa shape index (κ3) is 9.16. The molecule has 1 atom stereocenters. The SMILES string of the molecule is CNC(=O)CNC(=O)NCC(C)CCC(=O)O. The Morgan fingerprint density at radius 2 is 1.88 bits per heavy atom. The van der Waals surface area contributed by atoms with Gasteiger partial charge in [-0.25, -0.2) is 4.79 Å². The molecular formula is C10H19N3O4. The van der Waals surface area contributed by atoms with Crippen LogP contribution in [0.5, 0.6) is 0 Å². The Morgan fingerprint density at radius 1 is 1.24 bits per heavy atom. The molecular weight excluding hydrogens is 226 g/mol. The topological polar surface area (TPSA) is 108 Å². The van der Waals surface area contributed by atoms with Crippen LogP contribution < -0.4 is 16.0 Å². The summed E-state index contributed by atoms with van der Waals surface area (Å²) in [5.41, 5.74) is 0. The highest BCUT2D eigenvalue weighted by Crippen LogP contribution is 2.03. The molecule has 0 heterocycles. The lowest BCUT2D eigenvalue weighted by atomic mass is 10.1. The molecule has 0 aromatic carbocycles. The predicted octanol–water partition coefficient (Wildman–Crippen LogP) is -0.467. The Kier molecular flexibility index (Phi) is 7.49. The first-order valence-corrected chi connectivity index (χ1v) is 5.39. The number of carboxylic acid groups (broad SMARTS) is 1. The van der Waals surface area contributed by atoms with Crippen molar-refractivity contribution in [2.75, 3.05) is 20.1 Å². The normalized spacial score (nSPS) is 11.4. The summed E-state index contributed by atoms with van der Waals surface area (Å²) in [6.45, 7) is 2.15. The molecule has 0 fully saturated rings. The van der Waals surface area contributed by atoms with E-state index < -0.39 is 12.0 Å². The van der Waals surface area contributed by atoms with Gasteiger partial charge < -0.3 is 21.1 Å². The molecule has 0 aromatic rings. The molecule has 4 N–H and O–H groups in total. The molecule has 0 aromatic heterocycles. The average Bonchev–Trinajstić information content (AvgIpc) is 2.30. The number of urea groups is 1. The van der Waals surface area contributed by atoms with E-state index in [1.165, 1.54) is 7.05 Å². The average molecular weight is 245 g/mol. The fraction of sp³-hybridized carbons (Fsp3) is 0.700. The quantitative estimate of drug-likeness (QED) is 0.486. The van der Waals surface area contributed by atoms with Gasteiger partial charge >= 0.3 is 12.0 Å². The Balaban J connectivity index is 3.62. The van der Waals surface area contributed by atoms with E-state index in [0.717, 1.165) is 0 Å². The highest BCUT2D eigenvalue weighted by atomic mass is 16.4. The molecule has 3 amide bonds. The molecule has 7 nitrogen and oxygen atoms in total. The van der Waals surface area contributed by atoms with Crippen LogP contribution in [0.15, 0.2) is 0 Å². The lowest BCUT2D eigenvalue weighted by Crippen LogP contribution is -2.42. The third-order valence-electron chi connectivity index (χ3n) is 2.15. The molecule has 0 radical (unpaired) electrons. The Bertz CT molecular complexity index is 281. The Morgan fingerprint density at radius 3 is 2.41 bits per heavy atom.